The molecule has 3 fully saturated rings. The Kier molecular flexibility index (Phi) is 12.6. The average molecular weight is 688 g/mol. The Balaban J connectivity index is 1.09. The SMILES string of the molecule is O=C(CCCCCC(=O)NCc1ccccc1-c1ccc([C@H]2O[C@@H](CN3CCC4(CC3)OCCO4)C[C@@H](c3ccc(CO)cc3)O2)cc1)NO. The Morgan fingerprint density at radius 3 is 2.20 bits per heavy atom. The molecule has 11 heteroatoms. The standard InChI is InChI=1S/C39H49N3O8/c43-27-28-10-12-30(13-11-28)35-24-33(26-42-20-18-39(19-21-42)47-22-23-48-39)49-38(50-35)31-16-14-29(15-17-31)34-7-5-4-6-32(34)25-40-36(44)8-2-1-3-9-37(45)41-46/h4-7,10-17,33,35,38,43,46H,1-3,8-9,18-27H2,(H,40,44)(H,41,45)/t33-,35+,38+/m1/s1. The number of nitrogens with one attached hydrogen (secondary N) is 2. The van der Waals surface area contributed by atoms with E-state index in [9.17, 15) is 14.7 Å². The zero-order chi connectivity index (χ0) is 34.8. The average Bonchev–Trinajstić information content (AvgIpc) is 3.62. The van der Waals surface area contributed by atoms with E-state index in [0.29, 0.717) is 39.0 Å². The summed E-state index contributed by atoms with van der Waals surface area (Å²) in [6, 6.07) is 24.3. The van der Waals surface area contributed by atoms with E-state index in [0.717, 1.165) is 78.7 Å². The summed E-state index contributed by atoms with van der Waals surface area (Å²) in [7, 11) is 0. The van der Waals surface area contributed by atoms with Crippen molar-refractivity contribution in [3.8, 4) is 11.1 Å². The smallest absolute Gasteiger partial charge is 0.243 e. The van der Waals surface area contributed by atoms with Crippen molar-refractivity contribution in [3.63, 3.8) is 0 Å². The van der Waals surface area contributed by atoms with Crippen molar-refractivity contribution in [3.05, 3.63) is 95.1 Å². The first-order valence-electron chi connectivity index (χ1n) is 17.8. The van der Waals surface area contributed by atoms with Crippen LogP contribution in [0.5, 0.6) is 0 Å². The molecule has 0 aliphatic carbocycles. The summed E-state index contributed by atoms with van der Waals surface area (Å²) in [5.74, 6) is -0.859. The summed E-state index contributed by atoms with van der Waals surface area (Å²) >= 11 is 0. The number of aliphatic hydroxyl groups excluding tert-OH is 1. The minimum atomic E-state index is -0.546. The van der Waals surface area contributed by atoms with E-state index >= 15 is 0 Å². The van der Waals surface area contributed by atoms with Crippen LogP contribution in [-0.4, -0.2) is 71.8 Å². The molecule has 50 heavy (non-hydrogen) atoms. The number of hydrogen-bond acceptors (Lipinski definition) is 9. The van der Waals surface area contributed by atoms with Crippen LogP contribution in [-0.2, 0) is 41.7 Å². The molecule has 0 bridgehead atoms. The van der Waals surface area contributed by atoms with Crippen molar-refractivity contribution in [1.82, 2.24) is 15.7 Å². The molecule has 3 aromatic rings. The summed E-state index contributed by atoms with van der Waals surface area (Å²) in [4.78, 5) is 26.1. The predicted octanol–water partition coefficient (Wildman–Crippen LogP) is 5.30. The number of unbranched alkanes of at least 4 members (excludes halogenated alkanes) is 2. The Bertz CT molecular complexity index is 1530. The quantitative estimate of drug-likeness (QED) is 0.101. The van der Waals surface area contributed by atoms with Gasteiger partial charge in [-0.2, -0.15) is 0 Å². The molecule has 1 spiro atoms. The van der Waals surface area contributed by atoms with Crippen LogP contribution in [0.2, 0.25) is 0 Å². The van der Waals surface area contributed by atoms with Gasteiger partial charge in [-0.25, -0.2) is 5.48 Å². The molecule has 2 amide bonds. The fourth-order valence-electron chi connectivity index (χ4n) is 7.04. The molecule has 3 saturated heterocycles. The number of carbonyl (C=O) groups excluding carboxylic acids is 2. The molecule has 3 aliphatic rings. The lowest BCUT2D eigenvalue weighted by Gasteiger charge is -2.41. The molecule has 3 aliphatic heterocycles. The molecule has 268 valence electrons. The summed E-state index contributed by atoms with van der Waals surface area (Å²) < 4.78 is 25.1. The van der Waals surface area contributed by atoms with Gasteiger partial charge in [0.2, 0.25) is 11.8 Å². The fraction of sp³-hybridized carbons (Fsp3) is 0.487. The van der Waals surface area contributed by atoms with E-state index in [1.54, 1.807) is 5.48 Å². The van der Waals surface area contributed by atoms with Gasteiger partial charge in [0.25, 0.3) is 0 Å². The molecule has 0 saturated carbocycles. The topological polar surface area (TPSA) is 139 Å². The Hall–Kier alpha value is -3.68. The number of piperidine rings is 1. The molecule has 0 radical (unpaired) electrons. The van der Waals surface area contributed by atoms with Crippen molar-refractivity contribution < 1.29 is 38.9 Å². The third-order valence-electron chi connectivity index (χ3n) is 9.93. The maximum absolute atomic E-state index is 12.5. The number of rotatable bonds is 14. The van der Waals surface area contributed by atoms with Crippen LogP contribution >= 0.6 is 0 Å². The van der Waals surface area contributed by atoms with Crippen LogP contribution in [0.15, 0.2) is 72.8 Å². The van der Waals surface area contributed by atoms with Crippen LogP contribution in [0.1, 0.15) is 86.0 Å². The summed E-state index contributed by atoms with van der Waals surface area (Å²) in [5, 5.41) is 21.2. The van der Waals surface area contributed by atoms with Crippen LogP contribution in [0.25, 0.3) is 11.1 Å². The Labute approximate surface area is 293 Å². The van der Waals surface area contributed by atoms with Crippen molar-refractivity contribution in [1.29, 1.82) is 0 Å². The summed E-state index contributed by atoms with van der Waals surface area (Å²) in [6.07, 6.45) is 4.35. The van der Waals surface area contributed by atoms with Crippen molar-refractivity contribution >= 4 is 11.8 Å². The zero-order valence-corrected chi connectivity index (χ0v) is 28.6. The van der Waals surface area contributed by atoms with Gasteiger partial charge in [0, 0.05) is 63.8 Å². The van der Waals surface area contributed by atoms with E-state index in [4.69, 9.17) is 24.2 Å². The first-order valence-corrected chi connectivity index (χ1v) is 17.8. The number of likely N-dealkylation sites (tertiary alicyclic amines) is 1. The molecule has 0 aromatic heterocycles. The number of carbonyl (C=O) groups is 2. The highest BCUT2D eigenvalue weighted by atomic mass is 16.7. The van der Waals surface area contributed by atoms with Crippen molar-refractivity contribution in [2.75, 3.05) is 32.8 Å². The van der Waals surface area contributed by atoms with Gasteiger partial charge in [0.15, 0.2) is 12.1 Å². The molecule has 3 heterocycles. The number of hydrogen-bond donors (Lipinski definition) is 4. The summed E-state index contributed by atoms with van der Waals surface area (Å²) in [6.45, 7) is 4.32. The number of ether oxygens (including phenoxy) is 4. The molecule has 4 N–H and O–H groups in total. The van der Waals surface area contributed by atoms with Crippen LogP contribution in [0.4, 0.5) is 0 Å². The van der Waals surface area contributed by atoms with Crippen molar-refractivity contribution in [2.24, 2.45) is 0 Å². The number of hydroxylamine groups is 1. The van der Waals surface area contributed by atoms with Gasteiger partial charge >= 0.3 is 0 Å². The number of nitrogens with zero attached hydrogens (tertiary/aromatic N) is 1. The van der Waals surface area contributed by atoms with Gasteiger partial charge in [-0.1, -0.05) is 79.2 Å². The lowest BCUT2D eigenvalue weighted by atomic mass is 9.97. The molecular formula is C39H49N3O8. The number of amides is 2. The van der Waals surface area contributed by atoms with Gasteiger partial charge in [-0.15, -0.1) is 0 Å². The summed E-state index contributed by atoms with van der Waals surface area (Å²) in [5.41, 5.74) is 7.58. The van der Waals surface area contributed by atoms with Crippen LogP contribution in [0, 0.1) is 0 Å². The third kappa shape index (κ3) is 9.55. The molecule has 0 unspecified atom stereocenters. The molecule has 6 rings (SSSR count). The third-order valence-corrected chi connectivity index (χ3v) is 9.93. The second-order valence-electron chi connectivity index (χ2n) is 13.4. The first kappa shape index (κ1) is 36.1. The highest BCUT2D eigenvalue weighted by molar-refractivity contribution is 5.76. The van der Waals surface area contributed by atoms with Gasteiger partial charge in [-0.3, -0.25) is 14.8 Å². The lowest BCUT2D eigenvalue weighted by molar-refractivity contribution is -0.255. The van der Waals surface area contributed by atoms with E-state index in [1.165, 1.54) is 0 Å². The lowest BCUT2D eigenvalue weighted by Crippen LogP contribution is -2.48. The highest BCUT2D eigenvalue weighted by Crippen LogP contribution is 2.40. The monoisotopic (exact) mass is 687 g/mol. The maximum atomic E-state index is 12.5. The van der Waals surface area contributed by atoms with Crippen LogP contribution in [0.3, 0.4) is 0 Å². The zero-order valence-electron chi connectivity index (χ0n) is 28.6. The van der Waals surface area contributed by atoms with E-state index < -0.39 is 18.0 Å². The Morgan fingerprint density at radius 1 is 0.820 bits per heavy atom. The second-order valence-corrected chi connectivity index (χ2v) is 13.4. The highest BCUT2D eigenvalue weighted by Gasteiger charge is 2.41. The normalized spacial score (nSPS) is 22.0. The number of benzene rings is 3. The minimum absolute atomic E-state index is 0.000934. The largest absolute Gasteiger partial charge is 0.392 e. The minimum Gasteiger partial charge on any atom is -0.392 e. The Morgan fingerprint density at radius 2 is 1.50 bits per heavy atom. The fourth-order valence-corrected chi connectivity index (χ4v) is 7.04. The van der Waals surface area contributed by atoms with Gasteiger partial charge in [0.05, 0.1) is 32.0 Å². The first-order chi connectivity index (χ1) is 24.4. The van der Waals surface area contributed by atoms with Crippen molar-refractivity contribution in [2.45, 2.75) is 88.8 Å². The second kappa shape index (κ2) is 17.5. The molecule has 11 nitrogen and oxygen atoms in total. The number of aliphatic hydroxyl groups is 1. The molecule has 3 aromatic carbocycles. The predicted molar refractivity (Wildman–Crippen MR) is 185 cm³/mol. The van der Waals surface area contributed by atoms with Gasteiger partial charge in [-0.05, 0) is 40.7 Å². The van der Waals surface area contributed by atoms with E-state index in [2.05, 4.69) is 40.5 Å². The maximum Gasteiger partial charge on any atom is 0.243 e. The van der Waals surface area contributed by atoms with E-state index in [-0.39, 0.29) is 31.1 Å². The van der Waals surface area contributed by atoms with E-state index in [1.807, 2.05) is 42.5 Å². The van der Waals surface area contributed by atoms with Crippen LogP contribution < -0.4 is 10.8 Å². The molecule has 3 atom stereocenters. The van der Waals surface area contributed by atoms with Gasteiger partial charge in [0.1, 0.15) is 0 Å². The molecular weight excluding hydrogens is 638 g/mol. The van der Waals surface area contributed by atoms with Gasteiger partial charge < -0.3 is 34.3 Å².